The quantitative estimate of drug-likeness (QED) is 0.909. The van der Waals surface area contributed by atoms with Crippen molar-refractivity contribution in [3.05, 3.63) is 64.7 Å². The number of hydrogen-bond donors (Lipinski definition) is 1. The molecule has 0 spiro atoms. The average Bonchev–Trinajstić information content (AvgIpc) is 2.38. The van der Waals surface area contributed by atoms with Gasteiger partial charge in [-0.05, 0) is 43.2 Å². The second-order valence-corrected chi connectivity index (χ2v) is 5.02. The summed E-state index contributed by atoms with van der Waals surface area (Å²) < 4.78 is 5.73. The molecule has 0 aliphatic heterocycles. The summed E-state index contributed by atoms with van der Waals surface area (Å²) >= 11 is 5.91. The van der Waals surface area contributed by atoms with Crippen LogP contribution in [0.3, 0.4) is 0 Å². The number of aliphatic hydroxyl groups excluding tert-OH is 1. The number of aryl methyl sites for hydroxylation is 1. The molecule has 0 amide bonds. The van der Waals surface area contributed by atoms with Gasteiger partial charge >= 0.3 is 0 Å². The maximum atomic E-state index is 10.3. The Balaban J connectivity index is 2.12. The fourth-order valence-electron chi connectivity index (χ4n) is 1.99. The van der Waals surface area contributed by atoms with Crippen molar-refractivity contribution in [3.8, 4) is 5.75 Å². The molecule has 2 atom stereocenters. The molecule has 2 rings (SSSR count). The van der Waals surface area contributed by atoms with Crippen molar-refractivity contribution in [3.63, 3.8) is 0 Å². The Morgan fingerprint density at radius 2 is 1.84 bits per heavy atom. The lowest BCUT2D eigenvalue weighted by Crippen LogP contribution is -2.22. The first-order chi connectivity index (χ1) is 9.08. The van der Waals surface area contributed by atoms with Gasteiger partial charge in [0.15, 0.2) is 0 Å². The van der Waals surface area contributed by atoms with E-state index in [-0.39, 0.29) is 6.10 Å². The largest absolute Gasteiger partial charge is 0.488 e. The Kier molecular flexibility index (Phi) is 4.46. The molecule has 1 N–H and O–H groups in total. The predicted octanol–water partition coefficient (Wildman–Crippen LogP) is 4.15. The van der Waals surface area contributed by atoms with Crippen LogP contribution in [0.5, 0.6) is 5.75 Å². The summed E-state index contributed by atoms with van der Waals surface area (Å²) in [4.78, 5) is 0. The highest BCUT2D eigenvalue weighted by molar-refractivity contribution is 6.30. The average molecular weight is 277 g/mol. The van der Waals surface area contributed by atoms with Gasteiger partial charge < -0.3 is 9.84 Å². The van der Waals surface area contributed by atoms with E-state index in [9.17, 15) is 5.11 Å². The van der Waals surface area contributed by atoms with E-state index < -0.39 is 6.10 Å². The van der Waals surface area contributed by atoms with E-state index in [2.05, 4.69) is 0 Å². The third-order valence-electron chi connectivity index (χ3n) is 3.07. The van der Waals surface area contributed by atoms with Gasteiger partial charge in [0.1, 0.15) is 18.0 Å². The zero-order chi connectivity index (χ0) is 13.8. The summed E-state index contributed by atoms with van der Waals surface area (Å²) in [6.45, 7) is 3.82. The molecule has 0 saturated heterocycles. The van der Waals surface area contributed by atoms with E-state index in [0.717, 1.165) is 11.1 Å². The third-order valence-corrected chi connectivity index (χ3v) is 3.30. The van der Waals surface area contributed by atoms with Crippen LogP contribution in [0.1, 0.15) is 24.2 Å². The Hall–Kier alpha value is -1.51. The SMILES string of the molecule is Cc1ccccc1C(O)C(C)Oc1cccc(Cl)c1. The molecule has 0 saturated carbocycles. The van der Waals surface area contributed by atoms with Gasteiger partial charge in [-0.3, -0.25) is 0 Å². The van der Waals surface area contributed by atoms with Gasteiger partial charge in [-0.15, -0.1) is 0 Å². The highest BCUT2D eigenvalue weighted by atomic mass is 35.5. The van der Waals surface area contributed by atoms with Crippen LogP contribution in [0, 0.1) is 6.92 Å². The lowest BCUT2D eigenvalue weighted by molar-refractivity contribution is 0.0463. The van der Waals surface area contributed by atoms with Crippen LogP contribution in [-0.4, -0.2) is 11.2 Å². The minimum atomic E-state index is -0.666. The first-order valence-corrected chi connectivity index (χ1v) is 6.61. The Bertz CT molecular complexity index is 554. The fraction of sp³-hybridized carbons (Fsp3) is 0.250. The number of halogens is 1. The molecule has 0 radical (unpaired) electrons. The van der Waals surface area contributed by atoms with Crippen molar-refractivity contribution in [2.75, 3.05) is 0 Å². The highest BCUT2D eigenvalue weighted by Gasteiger charge is 2.19. The predicted molar refractivity (Wildman–Crippen MR) is 77.7 cm³/mol. The molecule has 100 valence electrons. The summed E-state index contributed by atoms with van der Waals surface area (Å²) in [5, 5.41) is 11.0. The van der Waals surface area contributed by atoms with Gasteiger partial charge in [0.05, 0.1) is 0 Å². The van der Waals surface area contributed by atoms with Gasteiger partial charge in [-0.2, -0.15) is 0 Å². The molecule has 0 bridgehead atoms. The number of ether oxygens (including phenoxy) is 1. The second-order valence-electron chi connectivity index (χ2n) is 4.58. The number of hydrogen-bond acceptors (Lipinski definition) is 2. The Morgan fingerprint density at radius 1 is 1.11 bits per heavy atom. The van der Waals surface area contributed by atoms with Crippen LogP contribution in [0.4, 0.5) is 0 Å². The number of aliphatic hydroxyl groups is 1. The van der Waals surface area contributed by atoms with Crippen molar-refractivity contribution in [1.29, 1.82) is 0 Å². The summed E-state index contributed by atoms with van der Waals surface area (Å²) in [5.41, 5.74) is 1.94. The maximum Gasteiger partial charge on any atom is 0.126 e. The van der Waals surface area contributed by atoms with E-state index in [1.165, 1.54) is 0 Å². The van der Waals surface area contributed by atoms with Gasteiger partial charge in [-0.25, -0.2) is 0 Å². The Labute approximate surface area is 118 Å². The summed E-state index contributed by atoms with van der Waals surface area (Å²) in [5.74, 6) is 0.660. The third kappa shape index (κ3) is 3.49. The smallest absolute Gasteiger partial charge is 0.126 e. The van der Waals surface area contributed by atoms with E-state index in [1.54, 1.807) is 12.1 Å². The molecule has 3 heteroatoms. The monoisotopic (exact) mass is 276 g/mol. The van der Waals surface area contributed by atoms with E-state index in [1.807, 2.05) is 50.2 Å². The highest BCUT2D eigenvalue weighted by Crippen LogP contribution is 2.25. The van der Waals surface area contributed by atoms with Crippen molar-refractivity contribution in [2.45, 2.75) is 26.1 Å². The zero-order valence-electron chi connectivity index (χ0n) is 11.0. The molecular weight excluding hydrogens is 260 g/mol. The molecule has 0 heterocycles. The molecule has 2 unspecified atom stereocenters. The summed E-state index contributed by atoms with van der Waals surface area (Å²) in [7, 11) is 0. The molecule has 2 aromatic rings. The molecule has 0 aromatic heterocycles. The van der Waals surface area contributed by atoms with Crippen LogP contribution >= 0.6 is 11.6 Å². The van der Waals surface area contributed by atoms with Gasteiger partial charge in [0.25, 0.3) is 0 Å². The fourth-order valence-corrected chi connectivity index (χ4v) is 2.17. The van der Waals surface area contributed by atoms with E-state index >= 15 is 0 Å². The van der Waals surface area contributed by atoms with Crippen LogP contribution < -0.4 is 4.74 Å². The van der Waals surface area contributed by atoms with E-state index in [0.29, 0.717) is 10.8 Å². The zero-order valence-corrected chi connectivity index (χ0v) is 11.8. The summed E-state index contributed by atoms with van der Waals surface area (Å²) in [6.07, 6.45) is -1.01. The Morgan fingerprint density at radius 3 is 2.53 bits per heavy atom. The standard InChI is InChI=1S/C16H17ClO2/c1-11-6-3-4-9-15(11)16(18)12(2)19-14-8-5-7-13(17)10-14/h3-10,12,16,18H,1-2H3. The van der Waals surface area contributed by atoms with Crippen LogP contribution in [-0.2, 0) is 0 Å². The minimum Gasteiger partial charge on any atom is -0.488 e. The number of benzene rings is 2. The van der Waals surface area contributed by atoms with Crippen molar-refractivity contribution in [2.24, 2.45) is 0 Å². The lowest BCUT2D eigenvalue weighted by atomic mass is 10.0. The van der Waals surface area contributed by atoms with Crippen molar-refractivity contribution < 1.29 is 9.84 Å². The molecule has 0 aliphatic rings. The van der Waals surface area contributed by atoms with Gasteiger partial charge in [0, 0.05) is 5.02 Å². The molecule has 19 heavy (non-hydrogen) atoms. The van der Waals surface area contributed by atoms with Crippen LogP contribution in [0.25, 0.3) is 0 Å². The first-order valence-electron chi connectivity index (χ1n) is 6.24. The van der Waals surface area contributed by atoms with Crippen LogP contribution in [0.15, 0.2) is 48.5 Å². The van der Waals surface area contributed by atoms with Crippen molar-refractivity contribution >= 4 is 11.6 Å². The second kappa shape index (κ2) is 6.09. The summed E-state index contributed by atoms with van der Waals surface area (Å²) in [6, 6.07) is 14.9. The molecule has 0 fully saturated rings. The molecule has 2 nitrogen and oxygen atoms in total. The minimum absolute atomic E-state index is 0.348. The molecule has 2 aromatic carbocycles. The molecular formula is C16H17ClO2. The topological polar surface area (TPSA) is 29.5 Å². The molecule has 0 aliphatic carbocycles. The number of rotatable bonds is 4. The first kappa shape index (κ1) is 13.9. The van der Waals surface area contributed by atoms with Crippen molar-refractivity contribution in [1.82, 2.24) is 0 Å². The lowest BCUT2D eigenvalue weighted by Gasteiger charge is -2.22. The van der Waals surface area contributed by atoms with Gasteiger partial charge in [-0.1, -0.05) is 41.9 Å². The normalized spacial score (nSPS) is 13.9. The van der Waals surface area contributed by atoms with Gasteiger partial charge in [0.2, 0.25) is 0 Å². The maximum absolute atomic E-state index is 10.3. The van der Waals surface area contributed by atoms with Crippen LogP contribution in [0.2, 0.25) is 5.02 Å². The van der Waals surface area contributed by atoms with E-state index in [4.69, 9.17) is 16.3 Å².